The second kappa shape index (κ2) is 12.5. The van der Waals surface area contributed by atoms with Gasteiger partial charge in [0.25, 0.3) is 0 Å². The molecule has 0 unspecified atom stereocenters. The molecule has 1 rings (SSSR count). The molecule has 0 radical (unpaired) electrons. The highest BCUT2D eigenvalue weighted by Crippen LogP contribution is 2.04. The van der Waals surface area contributed by atoms with E-state index in [2.05, 4.69) is 18.7 Å². The average molecular weight is 230 g/mol. The zero-order valence-electron chi connectivity index (χ0n) is 12.0. The van der Waals surface area contributed by atoms with Gasteiger partial charge in [0.15, 0.2) is 0 Å². The fraction of sp³-hybridized carbons (Fsp3) is 0.923. The van der Waals surface area contributed by atoms with Crippen molar-refractivity contribution < 1.29 is 4.79 Å². The Labute approximate surface area is 102 Å². The summed E-state index contributed by atoms with van der Waals surface area (Å²) in [6, 6.07) is 0.608. The van der Waals surface area contributed by atoms with Crippen LogP contribution in [0.15, 0.2) is 0 Å². The summed E-state index contributed by atoms with van der Waals surface area (Å²) in [5, 5.41) is 0. The lowest BCUT2D eigenvalue weighted by atomic mass is 10.3. The smallest absolute Gasteiger partial charge is 0.209 e. The molecule has 3 nitrogen and oxygen atoms in total. The van der Waals surface area contributed by atoms with E-state index in [1.54, 1.807) is 0 Å². The Morgan fingerprint density at radius 2 is 1.50 bits per heavy atom. The highest BCUT2D eigenvalue weighted by atomic mass is 16.1. The molecule has 1 amide bonds. The van der Waals surface area contributed by atoms with Crippen LogP contribution in [0.4, 0.5) is 0 Å². The van der Waals surface area contributed by atoms with E-state index in [0.29, 0.717) is 6.04 Å². The third kappa shape index (κ3) is 7.69. The molecule has 0 bridgehead atoms. The number of amides is 1. The molecule has 0 aromatic carbocycles. The van der Waals surface area contributed by atoms with Crippen LogP contribution >= 0.6 is 0 Å². The van der Waals surface area contributed by atoms with E-state index in [-0.39, 0.29) is 0 Å². The van der Waals surface area contributed by atoms with Gasteiger partial charge in [-0.1, -0.05) is 27.7 Å². The molecular weight excluding hydrogens is 200 g/mol. The molecule has 0 spiro atoms. The molecule has 0 N–H and O–H groups in total. The van der Waals surface area contributed by atoms with Gasteiger partial charge < -0.3 is 4.90 Å². The van der Waals surface area contributed by atoms with Gasteiger partial charge in [-0.05, 0) is 20.3 Å². The first-order chi connectivity index (χ1) is 7.74. The second-order valence-electron chi connectivity index (χ2n) is 3.62. The summed E-state index contributed by atoms with van der Waals surface area (Å²) in [5.41, 5.74) is 0. The predicted octanol–water partition coefficient (Wildman–Crippen LogP) is 2.61. The Kier molecular flexibility index (Phi) is 13.9. The maximum absolute atomic E-state index is 10.5. The van der Waals surface area contributed by atoms with Gasteiger partial charge in [0, 0.05) is 32.2 Å². The topological polar surface area (TPSA) is 23.6 Å². The van der Waals surface area contributed by atoms with Gasteiger partial charge in [-0.25, -0.2) is 0 Å². The normalized spacial score (nSPS) is 16.6. The summed E-state index contributed by atoms with van der Waals surface area (Å²) in [4.78, 5) is 14.8. The van der Waals surface area contributed by atoms with E-state index < -0.39 is 0 Å². The first-order valence-corrected chi connectivity index (χ1v) is 6.67. The monoisotopic (exact) mass is 230 g/mol. The van der Waals surface area contributed by atoms with Gasteiger partial charge in [-0.2, -0.15) is 0 Å². The van der Waals surface area contributed by atoms with Gasteiger partial charge >= 0.3 is 0 Å². The van der Waals surface area contributed by atoms with Gasteiger partial charge in [-0.15, -0.1) is 0 Å². The molecule has 16 heavy (non-hydrogen) atoms. The van der Waals surface area contributed by atoms with Crippen molar-refractivity contribution in [3.63, 3.8) is 0 Å². The fourth-order valence-corrected chi connectivity index (χ4v) is 1.58. The summed E-state index contributed by atoms with van der Waals surface area (Å²) in [6.45, 7) is 16.4. The third-order valence-electron chi connectivity index (χ3n) is 2.44. The Balaban J connectivity index is 0. The van der Waals surface area contributed by atoms with E-state index in [0.717, 1.165) is 39.0 Å². The molecule has 1 aliphatic heterocycles. The van der Waals surface area contributed by atoms with Crippen LogP contribution in [-0.2, 0) is 4.79 Å². The van der Waals surface area contributed by atoms with E-state index >= 15 is 0 Å². The number of hydrogen-bond acceptors (Lipinski definition) is 2. The Morgan fingerprint density at radius 1 is 0.938 bits per heavy atom. The maximum Gasteiger partial charge on any atom is 0.209 e. The number of hydrogen-bond donors (Lipinski definition) is 0. The third-order valence-corrected chi connectivity index (χ3v) is 2.44. The van der Waals surface area contributed by atoms with Crippen LogP contribution in [0.25, 0.3) is 0 Å². The molecule has 0 aromatic rings. The van der Waals surface area contributed by atoms with E-state index in [1.807, 2.05) is 32.6 Å². The maximum atomic E-state index is 10.5. The fourth-order valence-electron chi connectivity index (χ4n) is 1.58. The van der Waals surface area contributed by atoms with Crippen LogP contribution < -0.4 is 0 Å². The van der Waals surface area contributed by atoms with Crippen molar-refractivity contribution in [1.82, 2.24) is 9.80 Å². The van der Waals surface area contributed by atoms with E-state index in [9.17, 15) is 4.79 Å². The minimum Gasteiger partial charge on any atom is -0.344 e. The largest absolute Gasteiger partial charge is 0.344 e. The minimum absolute atomic E-state index is 0.608. The Morgan fingerprint density at radius 3 is 1.94 bits per heavy atom. The highest BCUT2D eigenvalue weighted by molar-refractivity contribution is 5.46. The molecule has 3 heteroatoms. The van der Waals surface area contributed by atoms with E-state index in [4.69, 9.17) is 0 Å². The van der Waals surface area contributed by atoms with Crippen molar-refractivity contribution in [2.24, 2.45) is 0 Å². The molecule has 1 saturated heterocycles. The van der Waals surface area contributed by atoms with Crippen molar-refractivity contribution >= 4 is 6.41 Å². The number of carbonyl (C=O) groups excluding carboxylic acids is 1. The van der Waals surface area contributed by atoms with Crippen LogP contribution in [0.5, 0.6) is 0 Å². The zero-order chi connectivity index (χ0) is 13.0. The number of rotatable bonds is 2. The lowest BCUT2D eigenvalue weighted by Gasteiger charge is -2.23. The van der Waals surface area contributed by atoms with Crippen LogP contribution in [0.3, 0.4) is 0 Å². The number of nitrogens with zero attached hydrogens (tertiary/aromatic N) is 2. The molecule has 1 aliphatic rings. The van der Waals surface area contributed by atoms with Crippen molar-refractivity contribution in [3.05, 3.63) is 0 Å². The van der Waals surface area contributed by atoms with Gasteiger partial charge in [0.1, 0.15) is 0 Å². The Bertz CT molecular complexity index is 149. The van der Waals surface area contributed by atoms with Gasteiger partial charge in [-0.3, -0.25) is 9.69 Å². The Hall–Kier alpha value is -0.570. The SMILES string of the molecule is CC.CC.CC(C)N1CCCN(C=O)CC1. The summed E-state index contributed by atoms with van der Waals surface area (Å²) in [5.74, 6) is 0. The standard InChI is InChI=1S/C9H18N2O.2C2H6/c1-9(2)11-5-3-4-10(8-12)6-7-11;2*1-2/h8-9H,3-7H2,1-2H3;2*1-2H3. The first kappa shape index (κ1) is 17.8. The lowest BCUT2D eigenvalue weighted by Crippen LogP contribution is -2.34. The molecule has 98 valence electrons. The molecule has 0 aromatic heterocycles. The number of carbonyl (C=O) groups is 1. The van der Waals surface area contributed by atoms with Crippen molar-refractivity contribution in [3.8, 4) is 0 Å². The van der Waals surface area contributed by atoms with Crippen molar-refractivity contribution in [1.29, 1.82) is 0 Å². The minimum atomic E-state index is 0.608. The van der Waals surface area contributed by atoms with Crippen LogP contribution in [-0.4, -0.2) is 48.4 Å². The summed E-state index contributed by atoms with van der Waals surface area (Å²) < 4.78 is 0. The van der Waals surface area contributed by atoms with Gasteiger partial charge in [0.05, 0.1) is 0 Å². The summed E-state index contributed by atoms with van der Waals surface area (Å²) in [7, 11) is 0. The molecule has 0 atom stereocenters. The quantitative estimate of drug-likeness (QED) is 0.681. The molecule has 1 heterocycles. The molecular formula is C13H30N2O. The zero-order valence-corrected chi connectivity index (χ0v) is 12.0. The second-order valence-corrected chi connectivity index (χ2v) is 3.62. The predicted molar refractivity (Wildman–Crippen MR) is 71.7 cm³/mol. The van der Waals surface area contributed by atoms with E-state index in [1.165, 1.54) is 0 Å². The van der Waals surface area contributed by atoms with Gasteiger partial charge in [0.2, 0.25) is 6.41 Å². The highest BCUT2D eigenvalue weighted by Gasteiger charge is 2.14. The first-order valence-electron chi connectivity index (χ1n) is 6.67. The molecule has 0 aliphatic carbocycles. The molecule has 1 fully saturated rings. The van der Waals surface area contributed by atoms with Crippen LogP contribution in [0.1, 0.15) is 48.0 Å². The van der Waals surface area contributed by atoms with Crippen LogP contribution in [0.2, 0.25) is 0 Å². The van der Waals surface area contributed by atoms with Crippen molar-refractivity contribution in [2.45, 2.75) is 54.0 Å². The average Bonchev–Trinajstić information content (AvgIpc) is 2.59. The van der Waals surface area contributed by atoms with Crippen molar-refractivity contribution in [2.75, 3.05) is 26.2 Å². The molecule has 0 saturated carbocycles. The summed E-state index contributed by atoms with van der Waals surface area (Å²) in [6.07, 6.45) is 2.07. The van der Waals surface area contributed by atoms with Crippen LogP contribution in [0, 0.1) is 0 Å². The summed E-state index contributed by atoms with van der Waals surface area (Å²) >= 11 is 0. The lowest BCUT2D eigenvalue weighted by molar-refractivity contribution is -0.118.